The summed E-state index contributed by atoms with van der Waals surface area (Å²) in [5, 5.41) is 8.95. The fraction of sp³-hybridized carbons (Fsp3) is 0.571. The Morgan fingerprint density at radius 2 is 1.74 bits per heavy atom. The molecule has 1 aromatic carbocycles. The third kappa shape index (κ3) is 4.03. The van der Waals surface area contributed by atoms with Crippen molar-refractivity contribution in [3.8, 4) is 0 Å². The zero-order valence-electron chi connectivity index (χ0n) is 11.4. The molecule has 2 rings (SSSR count). The van der Waals surface area contributed by atoms with Gasteiger partial charge in [0.2, 0.25) is 10.0 Å². The minimum absolute atomic E-state index is 0.0190. The van der Waals surface area contributed by atoms with Crippen LogP contribution >= 0.6 is 0 Å². The molecule has 4 nitrogen and oxygen atoms in total. The SMILES string of the molecule is CC(C)(NS(=O)(=O)Cc1ccc(CO)cc1)C1CC1. The first-order valence-electron chi connectivity index (χ1n) is 6.53. The van der Waals surface area contributed by atoms with Gasteiger partial charge >= 0.3 is 0 Å². The zero-order valence-corrected chi connectivity index (χ0v) is 12.2. The molecule has 0 heterocycles. The summed E-state index contributed by atoms with van der Waals surface area (Å²) in [5.74, 6) is 0.438. The van der Waals surface area contributed by atoms with Gasteiger partial charge in [-0.2, -0.15) is 0 Å². The van der Waals surface area contributed by atoms with E-state index >= 15 is 0 Å². The molecule has 0 spiro atoms. The molecule has 0 aliphatic heterocycles. The van der Waals surface area contributed by atoms with Crippen molar-refractivity contribution in [2.45, 2.75) is 44.6 Å². The summed E-state index contributed by atoms with van der Waals surface area (Å²) < 4.78 is 27.1. The Morgan fingerprint density at radius 1 is 1.21 bits per heavy atom. The summed E-state index contributed by atoms with van der Waals surface area (Å²) >= 11 is 0. The third-order valence-electron chi connectivity index (χ3n) is 3.58. The molecule has 0 saturated heterocycles. The van der Waals surface area contributed by atoms with E-state index in [0.717, 1.165) is 24.0 Å². The maximum atomic E-state index is 12.1. The van der Waals surface area contributed by atoms with Crippen molar-refractivity contribution in [3.05, 3.63) is 35.4 Å². The number of sulfonamides is 1. The molecular formula is C14H21NO3S. The number of hydrogen-bond donors (Lipinski definition) is 2. The zero-order chi connectivity index (χ0) is 14.1. The van der Waals surface area contributed by atoms with Gasteiger partial charge in [0.1, 0.15) is 0 Å². The van der Waals surface area contributed by atoms with Crippen LogP contribution in [0.1, 0.15) is 37.8 Å². The second-order valence-corrected chi connectivity index (χ2v) is 7.55. The van der Waals surface area contributed by atoms with Crippen molar-refractivity contribution < 1.29 is 13.5 Å². The van der Waals surface area contributed by atoms with Crippen LogP contribution < -0.4 is 4.72 Å². The number of aliphatic hydroxyl groups excluding tert-OH is 1. The monoisotopic (exact) mass is 283 g/mol. The van der Waals surface area contributed by atoms with E-state index < -0.39 is 10.0 Å². The van der Waals surface area contributed by atoms with Crippen LogP contribution in [0, 0.1) is 5.92 Å². The van der Waals surface area contributed by atoms with E-state index in [4.69, 9.17) is 5.11 Å². The molecule has 0 bridgehead atoms. The van der Waals surface area contributed by atoms with Gasteiger partial charge in [0.25, 0.3) is 0 Å². The highest BCUT2D eigenvalue weighted by Gasteiger charge is 2.40. The van der Waals surface area contributed by atoms with Crippen LogP contribution in [0.4, 0.5) is 0 Å². The highest BCUT2D eigenvalue weighted by atomic mass is 32.2. The Labute approximate surface area is 114 Å². The molecule has 106 valence electrons. The highest BCUT2D eigenvalue weighted by Crippen LogP contribution is 2.39. The van der Waals surface area contributed by atoms with Gasteiger partial charge in [-0.25, -0.2) is 13.1 Å². The van der Waals surface area contributed by atoms with Crippen molar-refractivity contribution in [2.75, 3.05) is 0 Å². The second-order valence-electron chi connectivity index (χ2n) is 5.83. The van der Waals surface area contributed by atoms with Crippen LogP contribution in [0.15, 0.2) is 24.3 Å². The van der Waals surface area contributed by atoms with Gasteiger partial charge in [0.05, 0.1) is 12.4 Å². The predicted molar refractivity (Wildman–Crippen MR) is 74.9 cm³/mol. The molecule has 19 heavy (non-hydrogen) atoms. The van der Waals surface area contributed by atoms with Crippen molar-refractivity contribution in [3.63, 3.8) is 0 Å². The summed E-state index contributed by atoms with van der Waals surface area (Å²) in [5.41, 5.74) is 1.16. The first-order valence-corrected chi connectivity index (χ1v) is 8.18. The molecule has 1 aliphatic carbocycles. The lowest BCUT2D eigenvalue weighted by Crippen LogP contribution is -2.45. The van der Waals surface area contributed by atoms with Crippen LogP contribution in [0.2, 0.25) is 0 Å². The van der Waals surface area contributed by atoms with Crippen LogP contribution in [0.3, 0.4) is 0 Å². The first kappa shape index (κ1) is 14.5. The van der Waals surface area contributed by atoms with Gasteiger partial charge in [0, 0.05) is 5.54 Å². The molecule has 1 saturated carbocycles. The third-order valence-corrected chi connectivity index (χ3v) is 5.13. The van der Waals surface area contributed by atoms with E-state index in [1.54, 1.807) is 24.3 Å². The standard InChI is InChI=1S/C14H21NO3S/c1-14(2,13-7-8-13)15-19(17,18)10-12-5-3-11(9-16)4-6-12/h3-6,13,15-16H,7-10H2,1-2H3. The van der Waals surface area contributed by atoms with Gasteiger partial charge < -0.3 is 5.11 Å². The summed E-state index contributed by atoms with van der Waals surface area (Å²) in [7, 11) is -3.33. The van der Waals surface area contributed by atoms with E-state index in [9.17, 15) is 8.42 Å². The molecule has 0 unspecified atom stereocenters. The van der Waals surface area contributed by atoms with E-state index in [2.05, 4.69) is 4.72 Å². The van der Waals surface area contributed by atoms with Gasteiger partial charge in [-0.05, 0) is 43.7 Å². The molecule has 0 amide bonds. The summed E-state index contributed by atoms with van der Waals surface area (Å²) in [4.78, 5) is 0. The smallest absolute Gasteiger partial charge is 0.216 e. The molecule has 5 heteroatoms. The van der Waals surface area contributed by atoms with Crippen LogP contribution in [0.5, 0.6) is 0 Å². The molecule has 1 aliphatic rings. The number of hydrogen-bond acceptors (Lipinski definition) is 3. The number of aliphatic hydroxyl groups is 1. The second kappa shape index (κ2) is 5.23. The van der Waals surface area contributed by atoms with Crippen molar-refractivity contribution in [1.82, 2.24) is 4.72 Å². The lowest BCUT2D eigenvalue weighted by Gasteiger charge is -2.25. The Hall–Kier alpha value is -0.910. The number of rotatable bonds is 6. The Balaban J connectivity index is 2.03. The molecule has 0 radical (unpaired) electrons. The minimum atomic E-state index is -3.33. The Morgan fingerprint density at radius 3 is 2.21 bits per heavy atom. The van der Waals surface area contributed by atoms with Crippen LogP contribution in [-0.4, -0.2) is 19.1 Å². The number of nitrogens with one attached hydrogen (secondary N) is 1. The van der Waals surface area contributed by atoms with Gasteiger partial charge in [0.15, 0.2) is 0 Å². The molecule has 0 atom stereocenters. The molecule has 0 aromatic heterocycles. The lowest BCUT2D eigenvalue weighted by atomic mass is 10.0. The van der Waals surface area contributed by atoms with Crippen molar-refractivity contribution in [2.24, 2.45) is 5.92 Å². The largest absolute Gasteiger partial charge is 0.392 e. The van der Waals surface area contributed by atoms with Gasteiger partial charge in [-0.1, -0.05) is 24.3 Å². The topological polar surface area (TPSA) is 66.4 Å². The Bertz CT molecular complexity index is 530. The van der Waals surface area contributed by atoms with E-state index in [-0.39, 0.29) is 17.9 Å². The van der Waals surface area contributed by atoms with Gasteiger partial charge in [-0.3, -0.25) is 0 Å². The summed E-state index contributed by atoms with van der Waals surface area (Å²) in [6, 6.07) is 6.98. The average Bonchev–Trinajstić information content (AvgIpc) is 3.11. The summed E-state index contributed by atoms with van der Waals surface area (Å²) in [6.07, 6.45) is 2.20. The first-order chi connectivity index (χ1) is 8.82. The maximum absolute atomic E-state index is 12.1. The van der Waals surface area contributed by atoms with Crippen LogP contribution in [-0.2, 0) is 22.4 Å². The maximum Gasteiger partial charge on any atom is 0.216 e. The quantitative estimate of drug-likeness (QED) is 0.836. The molecule has 1 aromatic rings. The van der Waals surface area contributed by atoms with E-state index in [1.807, 2.05) is 13.8 Å². The fourth-order valence-corrected chi connectivity index (χ4v) is 3.96. The van der Waals surface area contributed by atoms with Crippen LogP contribution in [0.25, 0.3) is 0 Å². The average molecular weight is 283 g/mol. The van der Waals surface area contributed by atoms with Crippen molar-refractivity contribution in [1.29, 1.82) is 0 Å². The Kier molecular flexibility index (Phi) is 3.99. The van der Waals surface area contributed by atoms with E-state index in [0.29, 0.717) is 5.92 Å². The van der Waals surface area contributed by atoms with Crippen molar-refractivity contribution >= 4 is 10.0 Å². The molecule has 1 fully saturated rings. The molecular weight excluding hydrogens is 262 g/mol. The number of benzene rings is 1. The lowest BCUT2D eigenvalue weighted by molar-refractivity contribution is 0.282. The van der Waals surface area contributed by atoms with E-state index in [1.165, 1.54) is 0 Å². The fourth-order valence-electron chi connectivity index (χ4n) is 2.29. The minimum Gasteiger partial charge on any atom is -0.392 e. The van der Waals surface area contributed by atoms with Gasteiger partial charge in [-0.15, -0.1) is 0 Å². The summed E-state index contributed by atoms with van der Waals surface area (Å²) in [6.45, 7) is 3.86. The predicted octanol–water partition coefficient (Wildman–Crippen LogP) is 1.79. The highest BCUT2D eigenvalue weighted by molar-refractivity contribution is 7.88. The normalized spacial score (nSPS) is 16.6. The molecule has 2 N–H and O–H groups in total.